The quantitative estimate of drug-likeness (QED) is 0.312. The third kappa shape index (κ3) is 6.88. The molecule has 1 saturated heterocycles. The number of rotatable bonds is 8. The average Bonchev–Trinajstić information content (AvgIpc) is 3.34. The zero-order valence-electron chi connectivity index (χ0n) is 21.9. The standard InChI is InChI=1S/C28H31N5O3S2.ClH/c1-20-18-21(2)26-25(19-20)30-28(37-26)33-16-14-32(15-17-33)13-12-29-27(34)22-8-10-23(11-9-22)31-38(35,36)24-6-4-3-5-7-24;/h3-11,18-19,31H,12-17H2,1-2H3,(H,29,34);1H. The van der Waals surface area contributed by atoms with Gasteiger partial charge in [0.25, 0.3) is 15.9 Å². The molecule has 8 nitrogen and oxygen atoms in total. The Morgan fingerprint density at radius 3 is 2.36 bits per heavy atom. The molecule has 0 saturated carbocycles. The number of amides is 1. The minimum absolute atomic E-state index is 0. The van der Waals surface area contributed by atoms with E-state index >= 15 is 0 Å². The first kappa shape index (κ1) is 28.8. The summed E-state index contributed by atoms with van der Waals surface area (Å²) in [7, 11) is -3.67. The number of benzene rings is 3. The zero-order valence-corrected chi connectivity index (χ0v) is 24.3. The maximum Gasteiger partial charge on any atom is 0.261 e. The molecule has 0 aliphatic carbocycles. The number of nitrogens with zero attached hydrogens (tertiary/aromatic N) is 3. The van der Waals surface area contributed by atoms with Crippen molar-refractivity contribution in [3.05, 3.63) is 83.4 Å². The average molecular weight is 586 g/mol. The molecule has 2 heterocycles. The maximum atomic E-state index is 12.6. The van der Waals surface area contributed by atoms with E-state index in [2.05, 4.69) is 45.8 Å². The Hall–Kier alpha value is -3.18. The second-order valence-electron chi connectivity index (χ2n) is 9.51. The molecule has 1 amide bonds. The van der Waals surface area contributed by atoms with E-state index in [9.17, 15) is 13.2 Å². The Bertz CT molecular complexity index is 1530. The zero-order chi connectivity index (χ0) is 26.7. The van der Waals surface area contributed by atoms with Gasteiger partial charge >= 0.3 is 0 Å². The highest BCUT2D eigenvalue weighted by molar-refractivity contribution is 7.92. The molecule has 2 N–H and O–H groups in total. The SMILES string of the molecule is Cc1cc(C)c2sc(N3CCN(CCNC(=O)c4ccc(NS(=O)(=O)c5ccccc5)cc4)CC3)nc2c1.Cl. The molecule has 1 fully saturated rings. The van der Waals surface area contributed by atoms with E-state index in [0.29, 0.717) is 17.8 Å². The fourth-order valence-electron chi connectivity index (χ4n) is 4.60. The number of piperazine rings is 1. The number of carbonyl (C=O) groups excluding carboxylic acids is 1. The number of halogens is 1. The smallest absolute Gasteiger partial charge is 0.261 e. The fourth-order valence-corrected chi connectivity index (χ4v) is 6.74. The minimum Gasteiger partial charge on any atom is -0.351 e. The molecule has 0 unspecified atom stereocenters. The van der Waals surface area contributed by atoms with Crippen molar-refractivity contribution in [2.75, 3.05) is 48.9 Å². The van der Waals surface area contributed by atoms with Crippen LogP contribution in [0, 0.1) is 13.8 Å². The number of sulfonamides is 1. The van der Waals surface area contributed by atoms with Crippen LogP contribution in [0.4, 0.5) is 10.8 Å². The van der Waals surface area contributed by atoms with Crippen LogP contribution < -0.4 is 14.9 Å². The number of nitrogens with one attached hydrogen (secondary N) is 2. The number of hydrogen-bond acceptors (Lipinski definition) is 7. The lowest BCUT2D eigenvalue weighted by Crippen LogP contribution is -2.48. The molecule has 0 spiro atoms. The lowest BCUT2D eigenvalue weighted by molar-refractivity contribution is 0.0948. The molecule has 4 aromatic rings. The highest BCUT2D eigenvalue weighted by Gasteiger charge is 2.20. The predicted molar refractivity (Wildman–Crippen MR) is 161 cm³/mol. The van der Waals surface area contributed by atoms with Gasteiger partial charge in [0, 0.05) is 50.5 Å². The van der Waals surface area contributed by atoms with Crippen LogP contribution in [0.25, 0.3) is 10.2 Å². The number of anilines is 2. The van der Waals surface area contributed by atoms with Gasteiger partial charge in [-0.15, -0.1) is 12.4 Å². The Morgan fingerprint density at radius 2 is 1.67 bits per heavy atom. The van der Waals surface area contributed by atoms with Gasteiger partial charge in [-0.05, 0) is 67.4 Å². The van der Waals surface area contributed by atoms with Gasteiger partial charge in [0.15, 0.2) is 5.13 Å². The molecule has 11 heteroatoms. The minimum atomic E-state index is -3.67. The van der Waals surface area contributed by atoms with Crippen molar-refractivity contribution in [3.63, 3.8) is 0 Å². The van der Waals surface area contributed by atoms with E-state index in [-0.39, 0.29) is 23.2 Å². The van der Waals surface area contributed by atoms with Crippen molar-refractivity contribution in [3.8, 4) is 0 Å². The maximum absolute atomic E-state index is 12.6. The van der Waals surface area contributed by atoms with Gasteiger partial charge in [0.1, 0.15) is 0 Å². The van der Waals surface area contributed by atoms with Crippen LogP contribution in [0.2, 0.25) is 0 Å². The molecule has 206 valence electrons. The molecule has 1 aliphatic rings. The van der Waals surface area contributed by atoms with Crippen LogP contribution in [0.5, 0.6) is 0 Å². The molecule has 1 aromatic heterocycles. The number of hydrogen-bond donors (Lipinski definition) is 2. The van der Waals surface area contributed by atoms with Crippen molar-refractivity contribution in [2.45, 2.75) is 18.7 Å². The fraction of sp³-hybridized carbons (Fsp3) is 0.286. The van der Waals surface area contributed by atoms with Gasteiger partial charge in [-0.1, -0.05) is 35.6 Å². The summed E-state index contributed by atoms with van der Waals surface area (Å²) in [6.07, 6.45) is 0. The van der Waals surface area contributed by atoms with Gasteiger partial charge in [0.2, 0.25) is 0 Å². The molecule has 0 radical (unpaired) electrons. The Kier molecular flexibility index (Phi) is 9.12. The summed E-state index contributed by atoms with van der Waals surface area (Å²) >= 11 is 1.76. The van der Waals surface area contributed by atoms with Crippen molar-refractivity contribution in [2.24, 2.45) is 0 Å². The van der Waals surface area contributed by atoms with E-state index < -0.39 is 10.0 Å². The van der Waals surface area contributed by atoms with Crippen LogP contribution in [0.15, 0.2) is 71.6 Å². The lowest BCUT2D eigenvalue weighted by atomic mass is 10.1. The molecule has 39 heavy (non-hydrogen) atoms. The highest BCUT2D eigenvalue weighted by Crippen LogP contribution is 2.32. The molecule has 5 rings (SSSR count). The second kappa shape index (κ2) is 12.3. The molecule has 0 bridgehead atoms. The first-order valence-electron chi connectivity index (χ1n) is 12.6. The largest absolute Gasteiger partial charge is 0.351 e. The van der Waals surface area contributed by atoms with Crippen molar-refractivity contribution < 1.29 is 13.2 Å². The summed E-state index contributed by atoms with van der Waals surface area (Å²) in [6.45, 7) is 9.21. The third-order valence-electron chi connectivity index (χ3n) is 6.62. The topological polar surface area (TPSA) is 94.6 Å². The van der Waals surface area contributed by atoms with Gasteiger partial charge < -0.3 is 10.2 Å². The molecule has 1 aliphatic heterocycles. The van der Waals surface area contributed by atoms with Gasteiger partial charge in [-0.3, -0.25) is 14.4 Å². The highest BCUT2D eigenvalue weighted by atomic mass is 35.5. The van der Waals surface area contributed by atoms with Crippen molar-refractivity contribution >= 4 is 60.7 Å². The summed E-state index contributed by atoms with van der Waals surface area (Å²) in [5.41, 5.74) is 4.48. The summed E-state index contributed by atoms with van der Waals surface area (Å²) in [5, 5.41) is 4.05. The summed E-state index contributed by atoms with van der Waals surface area (Å²) in [4.78, 5) is 22.4. The van der Waals surface area contributed by atoms with Crippen LogP contribution >= 0.6 is 23.7 Å². The van der Waals surface area contributed by atoms with E-state index in [1.54, 1.807) is 53.8 Å². The van der Waals surface area contributed by atoms with E-state index in [0.717, 1.165) is 43.4 Å². The monoisotopic (exact) mass is 585 g/mol. The van der Waals surface area contributed by atoms with Gasteiger partial charge in [0.05, 0.1) is 15.1 Å². The number of fused-ring (bicyclic) bond motifs is 1. The summed E-state index contributed by atoms with van der Waals surface area (Å²) < 4.78 is 28.8. The first-order chi connectivity index (χ1) is 18.3. The summed E-state index contributed by atoms with van der Waals surface area (Å²) in [6, 6.07) is 19.0. The lowest BCUT2D eigenvalue weighted by Gasteiger charge is -2.34. The van der Waals surface area contributed by atoms with E-state index in [4.69, 9.17) is 4.98 Å². The number of aromatic nitrogens is 1. The Labute approximate surface area is 239 Å². The normalized spacial score (nSPS) is 14.2. The molecule has 0 atom stereocenters. The van der Waals surface area contributed by atoms with Crippen LogP contribution in [0.1, 0.15) is 21.5 Å². The Balaban J connectivity index is 0.00000353. The number of thiazole rings is 1. The van der Waals surface area contributed by atoms with Crippen LogP contribution in [0.3, 0.4) is 0 Å². The van der Waals surface area contributed by atoms with Crippen molar-refractivity contribution in [1.29, 1.82) is 0 Å². The predicted octanol–water partition coefficient (Wildman–Crippen LogP) is 4.69. The van der Waals surface area contributed by atoms with E-state index in [1.165, 1.54) is 28.0 Å². The first-order valence-corrected chi connectivity index (χ1v) is 14.9. The number of aryl methyl sites for hydroxylation is 2. The number of carbonyl (C=O) groups is 1. The molecule has 3 aromatic carbocycles. The van der Waals surface area contributed by atoms with Gasteiger partial charge in [-0.2, -0.15) is 0 Å². The molecular formula is C28H32ClN5O3S2. The van der Waals surface area contributed by atoms with Crippen LogP contribution in [-0.4, -0.2) is 63.5 Å². The Morgan fingerprint density at radius 1 is 0.974 bits per heavy atom. The van der Waals surface area contributed by atoms with Crippen LogP contribution in [-0.2, 0) is 10.0 Å². The van der Waals surface area contributed by atoms with Crippen molar-refractivity contribution in [1.82, 2.24) is 15.2 Å². The van der Waals surface area contributed by atoms with E-state index in [1.807, 2.05) is 0 Å². The second-order valence-corrected chi connectivity index (χ2v) is 12.2. The molecular weight excluding hydrogens is 554 g/mol. The van der Waals surface area contributed by atoms with Gasteiger partial charge in [-0.25, -0.2) is 13.4 Å². The third-order valence-corrected chi connectivity index (χ3v) is 9.28. The summed E-state index contributed by atoms with van der Waals surface area (Å²) in [5.74, 6) is -0.179.